The van der Waals surface area contributed by atoms with Crippen LogP contribution in [0.25, 0.3) is 0 Å². The van der Waals surface area contributed by atoms with Crippen LogP contribution >= 0.6 is 0 Å². The van der Waals surface area contributed by atoms with Gasteiger partial charge in [-0.15, -0.1) is 0 Å². The second-order valence-corrected chi connectivity index (χ2v) is 7.36. The van der Waals surface area contributed by atoms with Crippen LogP contribution < -0.4 is 0 Å². The number of rotatable bonds is 5. The van der Waals surface area contributed by atoms with Crippen molar-refractivity contribution in [2.75, 3.05) is 0 Å². The zero-order valence-corrected chi connectivity index (χ0v) is 14.8. The molecule has 1 amide bonds. The van der Waals surface area contributed by atoms with Crippen molar-refractivity contribution < 1.29 is 14.6 Å². The van der Waals surface area contributed by atoms with E-state index in [9.17, 15) is 9.90 Å². The Morgan fingerprint density at radius 2 is 1.79 bits per heavy atom. The standard InChI is InChI=1S/C20H29NO3/c1-3-16(4-2)20(23)12-17-10-11-18(13-20)21(17)19(22)24-14-15-8-6-5-7-9-15/h5-9,16-18,23H,3-4,10-14H2,1-2H3. The molecule has 132 valence electrons. The highest BCUT2D eigenvalue weighted by atomic mass is 16.6. The fraction of sp³-hybridized carbons (Fsp3) is 0.650. The van der Waals surface area contributed by atoms with Crippen LogP contribution in [0.15, 0.2) is 30.3 Å². The van der Waals surface area contributed by atoms with Crippen molar-refractivity contribution in [2.45, 2.75) is 76.7 Å². The molecule has 2 atom stereocenters. The molecule has 2 fully saturated rings. The van der Waals surface area contributed by atoms with Gasteiger partial charge >= 0.3 is 6.09 Å². The molecule has 2 saturated heterocycles. The molecule has 0 aromatic heterocycles. The van der Waals surface area contributed by atoms with Crippen LogP contribution in [0.5, 0.6) is 0 Å². The van der Waals surface area contributed by atoms with Gasteiger partial charge in [0.1, 0.15) is 6.61 Å². The number of nitrogens with zero attached hydrogens (tertiary/aromatic N) is 1. The van der Waals surface area contributed by atoms with Crippen LogP contribution in [0.2, 0.25) is 0 Å². The fourth-order valence-electron chi connectivity index (χ4n) is 4.74. The molecule has 2 unspecified atom stereocenters. The molecular weight excluding hydrogens is 302 g/mol. The van der Waals surface area contributed by atoms with Crippen LogP contribution in [0, 0.1) is 5.92 Å². The third-order valence-corrected chi connectivity index (χ3v) is 5.96. The first-order valence-corrected chi connectivity index (χ1v) is 9.28. The second-order valence-electron chi connectivity index (χ2n) is 7.36. The SMILES string of the molecule is CCC(CC)C1(O)CC2CCC(C1)N2C(=O)OCc1ccccc1. The van der Waals surface area contributed by atoms with Gasteiger partial charge in [0.15, 0.2) is 0 Å². The Morgan fingerprint density at radius 3 is 2.33 bits per heavy atom. The van der Waals surface area contributed by atoms with E-state index < -0.39 is 5.60 Å². The van der Waals surface area contributed by atoms with Crippen molar-refractivity contribution in [3.05, 3.63) is 35.9 Å². The number of fused-ring (bicyclic) bond motifs is 2. The van der Waals surface area contributed by atoms with E-state index in [1.54, 1.807) is 0 Å². The van der Waals surface area contributed by atoms with Gasteiger partial charge in [0.2, 0.25) is 0 Å². The van der Waals surface area contributed by atoms with E-state index in [1.807, 2.05) is 35.2 Å². The average Bonchev–Trinajstić information content (AvgIpc) is 2.87. The normalized spacial score (nSPS) is 29.1. The van der Waals surface area contributed by atoms with Gasteiger partial charge in [-0.25, -0.2) is 4.79 Å². The Bertz CT molecular complexity index is 541. The molecule has 2 aliphatic rings. The summed E-state index contributed by atoms with van der Waals surface area (Å²) < 4.78 is 5.54. The zero-order chi connectivity index (χ0) is 17.2. The molecule has 0 saturated carbocycles. The quantitative estimate of drug-likeness (QED) is 0.883. The maximum absolute atomic E-state index is 12.6. The number of ether oxygens (including phenoxy) is 1. The summed E-state index contributed by atoms with van der Waals surface area (Å²) in [5.74, 6) is 0.322. The van der Waals surface area contributed by atoms with E-state index in [2.05, 4.69) is 13.8 Å². The molecule has 24 heavy (non-hydrogen) atoms. The number of amides is 1. The van der Waals surface area contributed by atoms with Crippen LogP contribution in [0.1, 0.15) is 57.9 Å². The van der Waals surface area contributed by atoms with Crippen LogP contribution in [-0.4, -0.2) is 33.8 Å². The molecule has 4 nitrogen and oxygen atoms in total. The number of benzene rings is 1. The van der Waals surface area contributed by atoms with E-state index >= 15 is 0 Å². The number of piperidine rings is 1. The van der Waals surface area contributed by atoms with Gasteiger partial charge < -0.3 is 14.7 Å². The molecule has 1 N–H and O–H groups in total. The highest BCUT2D eigenvalue weighted by Gasteiger charge is 2.51. The van der Waals surface area contributed by atoms with Crippen LogP contribution in [-0.2, 0) is 11.3 Å². The van der Waals surface area contributed by atoms with E-state index in [1.165, 1.54) is 0 Å². The summed E-state index contributed by atoms with van der Waals surface area (Å²) in [6.45, 7) is 4.61. The first kappa shape index (κ1) is 17.3. The Morgan fingerprint density at radius 1 is 1.21 bits per heavy atom. The number of aliphatic hydroxyl groups is 1. The largest absolute Gasteiger partial charge is 0.445 e. The number of carbonyl (C=O) groups is 1. The summed E-state index contributed by atoms with van der Waals surface area (Å²) in [4.78, 5) is 14.5. The molecule has 1 aromatic carbocycles. The summed E-state index contributed by atoms with van der Waals surface area (Å²) in [6, 6.07) is 10.0. The lowest BCUT2D eigenvalue weighted by Gasteiger charge is -2.46. The first-order valence-electron chi connectivity index (χ1n) is 9.28. The molecular formula is C20H29NO3. The predicted molar refractivity (Wildman–Crippen MR) is 93.5 cm³/mol. The molecule has 2 aliphatic heterocycles. The fourth-order valence-corrected chi connectivity index (χ4v) is 4.74. The van der Waals surface area contributed by atoms with E-state index in [0.29, 0.717) is 25.4 Å². The van der Waals surface area contributed by atoms with E-state index in [-0.39, 0.29) is 18.2 Å². The highest BCUT2D eigenvalue weighted by Crippen LogP contribution is 2.45. The van der Waals surface area contributed by atoms with Crippen molar-refractivity contribution in [1.82, 2.24) is 4.90 Å². The molecule has 2 heterocycles. The van der Waals surface area contributed by atoms with Crippen molar-refractivity contribution >= 4 is 6.09 Å². The topological polar surface area (TPSA) is 49.8 Å². The van der Waals surface area contributed by atoms with Crippen molar-refractivity contribution in [3.63, 3.8) is 0 Å². The molecule has 0 radical (unpaired) electrons. The maximum atomic E-state index is 12.6. The summed E-state index contributed by atoms with van der Waals surface area (Å²) in [5.41, 5.74) is 0.384. The third kappa shape index (κ3) is 3.30. The Balaban J connectivity index is 1.63. The van der Waals surface area contributed by atoms with Crippen LogP contribution in [0.3, 0.4) is 0 Å². The van der Waals surface area contributed by atoms with Gasteiger partial charge in [-0.05, 0) is 37.2 Å². The minimum atomic E-state index is -0.620. The first-order chi connectivity index (χ1) is 11.6. The summed E-state index contributed by atoms with van der Waals surface area (Å²) in [6.07, 6.45) is 5.10. The second kappa shape index (κ2) is 7.14. The Labute approximate surface area is 144 Å². The minimum absolute atomic E-state index is 0.123. The summed E-state index contributed by atoms with van der Waals surface area (Å²) in [5, 5.41) is 11.1. The van der Waals surface area contributed by atoms with Gasteiger partial charge in [-0.3, -0.25) is 0 Å². The monoisotopic (exact) mass is 331 g/mol. The summed E-state index contributed by atoms with van der Waals surface area (Å²) >= 11 is 0. The van der Waals surface area contributed by atoms with Crippen LogP contribution in [0.4, 0.5) is 4.79 Å². The Kier molecular flexibility index (Phi) is 5.14. The van der Waals surface area contributed by atoms with Gasteiger partial charge in [0.05, 0.1) is 5.60 Å². The van der Waals surface area contributed by atoms with E-state index in [0.717, 1.165) is 31.2 Å². The lowest BCUT2D eigenvalue weighted by molar-refractivity contribution is -0.0891. The van der Waals surface area contributed by atoms with Crippen molar-refractivity contribution in [2.24, 2.45) is 5.92 Å². The smallest absolute Gasteiger partial charge is 0.410 e. The number of hydrogen-bond acceptors (Lipinski definition) is 3. The summed E-state index contributed by atoms with van der Waals surface area (Å²) in [7, 11) is 0. The van der Waals surface area contributed by atoms with Crippen molar-refractivity contribution in [3.8, 4) is 0 Å². The predicted octanol–water partition coefficient (Wildman–Crippen LogP) is 4.12. The number of hydrogen-bond donors (Lipinski definition) is 1. The van der Waals surface area contributed by atoms with Crippen molar-refractivity contribution in [1.29, 1.82) is 0 Å². The lowest BCUT2D eigenvalue weighted by atomic mass is 9.74. The lowest BCUT2D eigenvalue weighted by Crippen LogP contribution is -2.55. The molecule has 1 aromatic rings. The van der Waals surface area contributed by atoms with Gasteiger partial charge in [0.25, 0.3) is 0 Å². The third-order valence-electron chi connectivity index (χ3n) is 5.96. The molecule has 0 aliphatic carbocycles. The average molecular weight is 331 g/mol. The number of carbonyl (C=O) groups excluding carboxylic acids is 1. The minimum Gasteiger partial charge on any atom is -0.445 e. The zero-order valence-electron chi connectivity index (χ0n) is 14.8. The highest BCUT2D eigenvalue weighted by molar-refractivity contribution is 5.69. The Hall–Kier alpha value is -1.55. The van der Waals surface area contributed by atoms with Gasteiger partial charge in [-0.1, -0.05) is 57.0 Å². The van der Waals surface area contributed by atoms with E-state index in [4.69, 9.17) is 4.74 Å². The molecule has 0 spiro atoms. The van der Waals surface area contributed by atoms with Gasteiger partial charge in [-0.2, -0.15) is 0 Å². The molecule has 3 rings (SSSR count). The molecule has 2 bridgehead atoms. The molecule has 4 heteroatoms. The maximum Gasteiger partial charge on any atom is 0.410 e. The van der Waals surface area contributed by atoms with Gasteiger partial charge in [0, 0.05) is 12.1 Å².